The minimum Gasteiger partial charge on any atom is -0.490 e. The lowest BCUT2D eigenvalue weighted by Gasteiger charge is -2.14. The number of ether oxygens (including phenoxy) is 2. The van der Waals surface area contributed by atoms with E-state index in [0.29, 0.717) is 32.6 Å². The zero-order valence-electron chi connectivity index (χ0n) is 15.9. The summed E-state index contributed by atoms with van der Waals surface area (Å²) in [7, 11) is 0. The highest BCUT2D eigenvalue weighted by molar-refractivity contribution is 5.85. The molecule has 2 aromatic carbocycles. The van der Waals surface area contributed by atoms with Crippen LogP contribution in [0.4, 0.5) is 0 Å². The molecule has 0 bridgehead atoms. The van der Waals surface area contributed by atoms with E-state index in [-0.39, 0.29) is 18.3 Å². The van der Waals surface area contributed by atoms with Gasteiger partial charge in [0.2, 0.25) is 5.91 Å². The Morgan fingerprint density at radius 3 is 2.33 bits per heavy atom. The average molecular weight is 393 g/mol. The highest BCUT2D eigenvalue weighted by atomic mass is 35.5. The smallest absolute Gasteiger partial charge is 0.237 e. The molecule has 0 aliphatic rings. The van der Waals surface area contributed by atoms with Gasteiger partial charge in [0.05, 0.1) is 19.3 Å². The fraction of sp³-hybridized carbons (Fsp3) is 0.381. The van der Waals surface area contributed by atoms with E-state index in [1.807, 2.05) is 62.4 Å². The third kappa shape index (κ3) is 7.49. The molecule has 27 heavy (non-hydrogen) atoms. The Bertz CT molecular complexity index is 695. The van der Waals surface area contributed by atoms with Crippen molar-refractivity contribution in [2.45, 2.75) is 32.7 Å². The van der Waals surface area contributed by atoms with Crippen LogP contribution < -0.4 is 20.5 Å². The van der Waals surface area contributed by atoms with Crippen LogP contribution in [0.1, 0.15) is 25.0 Å². The van der Waals surface area contributed by atoms with Crippen molar-refractivity contribution >= 4 is 18.3 Å². The Morgan fingerprint density at radius 2 is 1.67 bits per heavy atom. The van der Waals surface area contributed by atoms with Crippen molar-refractivity contribution in [2.24, 2.45) is 5.73 Å². The van der Waals surface area contributed by atoms with Gasteiger partial charge in [0.15, 0.2) is 11.5 Å². The van der Waals surface area contributed by atoms with Gasteiger partial charge in [0.25, 0.3) is 0 Å². The maximum absolute atomic E-state index is 12.2. The molecule has 0 saturated carbocycles. The van der Waals surface area contributed by atoms with Crippen molar-refractivity contribution in [3.63, 3.8) is 0 Å². The van der Waals surface area contributed by atoms with Gasteiger partial charge >= 0.3 is 0 Å². The number of hydrogen-bond donors (Lipinski definition) is 2. The Hall–Kier alpha value is -2.24. The molecule has 2 rings (SSSR count). The monoisotopic (exact) mass is 392 g/mol. The van der Waals surface area contributed by atoms with Crippen molar-refractivity contribution < 1.29 is 14.3 Å². The largest absolute Gasteiger partial charge is 0.490 e. The molecule has 1 amide bonds. The summed E-state index contributed by atoms with van der Waals surface area (Å²) in [5, 5.41) is 2.91. The molecular formula is C21H29ClN2O3. The Labute approximate surface area is 167 Å². The minimum absolute atomic E-state index is 0. The zero-order valence-corrected chi connectivity index (χ0v) is 16.8. The molecule has 0 aliphatic heterocycles. The zero-order chi connectivity index (χ0) is 18.8. The molecule has 0 aliphatic carbocycles. The fourth-order valence-corrected chi connectivity index (χ4v) is 2.67. The summed E-state index contributed by atoms with van der Waals surface area (Å²) in [5.41, 5.74) is 8.13. The predicted molar refractivity (Wildman–Crippen MR) is 111 cm³/mol. The van der Waals surface area contributed by atoms with Crippen LogP contribution in [0.15, 0.2) is 48.5 Å². The van der Waals surface area contributed by atoms with Crippen LogP contribution in [-0.4, -0.2) is 31.7 Å². The summed E-state index contributed by atoms with van der Waals surface area (Å²) in [6.07, 6.45) is 1.24. The van der Waals surface area contributed by atoms with Crippen LogP contribution >= 0.6 is 12.4 Å². The molecule has 5 nitrogen and oxygen atoms in total. The number of benzene rings is 2. The summed E-state index contributed by atoms with van der Waals surface area (Å²) >= 11 is 0. The number of nitrogens with one attached hydrogen (secondary N) is 1. The number of carbonyl (C=O) groups is 1. The lowest BCUT2D eigenvalue weighted by atomic mass is 10.1. The van der Waals surface area contributed by atoms with Crippen molar-refractivity contribution in [1.82, 2.24) is 5.32 Å². The summed E-state index contributed by atoms with van der Waals surface area (Å²) in [5.74, 6) is 1.34. The lowest BCUT2D eigenvalue weighted by Crippen LogP contribution is -2.42. The number of halogens is 1. The van der Waals surface area contributed by atoms with Crippen LogP contribution in [0.5, 0.6) is 11.5 Å². The van der Waals surface area contributed by atoms with Crippen LogP contribution in [0, 0.1) is 0 Å². The third-order valence-corrected chi connectivity index (χ3v) is 3.96. The molecule has 3 N–H and O–H groups in total. The number of carbonyl (C=O) groups excluding carboxylic acids is 1. The number of amides is 1. The molecule has 0 aromatic heterocycles. The Kier molecular flexibility index (Phi) is 10.3. The lowest BCUT2D eigenvalue weighted by molar-refractivity contribution is -0.122. The van der Waals surface area contributed by atoms with Gasteiger partial charge in [0, 0.05) is 6.54 Å². The first-order chi connectivity index (χ1) is 12.6. The van der Waals surface area contributed by atoms with Crippen LogP contribution in [0.2, 0.25) is 0 Å². The normalized spacial score (nSPS) is 11.2. The molecule has 0 radical (unpaired) electrons. The van der Waals surface area contributed by atoms with Gasteiger partial charge in [-0.15, -0.1) is 12.4 Å². The SMILES string of the molecule is CCOc1ccc(CCNC(=O)C(N)Cc2ccccc2)cc1OCC.Cl. The fourth-order valence-electron chi connectivity index (χ4n) is 2.67. The van der Waals surface area contributed by atoms with Crippen molar-refractivity contribution in [3.8, 4) is 11.5 Å². The first-order valence-corrected chi connectivity index (χ1v) is 9.09. The molecular weight excluding hydrogens is 364 g/mol. The van der Waals surface area contributed by atoms with Gasteiger partial charge in [-0.1, -0.05) is 36.4 Å². The van der Waals surface area contributed by atoms with Gasteiger partial charge in [-0.05, 0) is 49.9 Å². The van der Waals surface area contributed by atoms with Crippen molar-refractivity contribution in [2.75, 3.05) is 19.8 Å². The van der Waals surface area contributed by atoms with Crippen molar-refractivity contribution in [3.05, 3.63) is 59.7 Å². The summed E-state index contributed by atoms with van der Waals surface area (Å²) < 4.78 is 11.2. The van der Waals surface area contributed by atoms with E-state index in [1.165, 1.54) is 0 Å². The summed E-state index contributed by atoms with van der Waals surface area (Å²) in [4.78, 5) is 12.2. The molecule has 2 aromatic rings. The first-order valence-electron chi connectivity index (χ1n) is 9.09. The Balaban J connectivity index is 0.00000364. The average Bonchev–Trinajstić information content (AvgIpc) is 2.65. The Morgan fingerprint density at radius 1 is 1.00 bits per heavy atom. The van der Waals surface area contributed by atoms with E-state index in [1.54, 1.807) is 0 Å². The van der Waals surface area contributed by atoms with E-state index < -0.39 is 6.04 Å². The van der Waals surface area contributed by atoms with Crippen LogP contribution in [0.25, 0.3) is 0 Å². The highest BCUT2D eigenvalue weighted by Crippen LogP contribution is 2.28. The predicted octanol–water partition coefficient (Wildman–Crippen LogP) is 3.13. The molecule has 0 saturated heterocycles. The van der Waals surface area contributed by atoms with E-state index in [4.69, 9.17) is 15.2 Å². The van der Waals surface area contributed by atoms with Gasteiger partial charge in [-0.3, -0.25) is 4.79 Å². The number of hydrogen-bond acceptors (Lipinski definition) is 4. The molecule has 6 heteroatoms. The van der Waals surface area contributed by atoms with E-state index in [0.717, 1.165) is 22.6 Å². The van der Waals surface area contributed by atoms with E-state index >= 15 is 0 Å². The van der Waals surface area contributed by atoms with Gasteiger partial charge in [-0.2, -0.15) is 0 Å². The van der Waals surface area contributed by atoms with Gasteiger partial charge in [0.1, 0.15) is 0 Å². The maximum atomic E-state index is 12.2. The van der Waals surface area contributed by atoms with E-state index in [2.05, 4.69) is 5.32 Å². The molecule has 0 heterocycles. The van der Waals surface area contributed by atoms with Crippen LogP contribution in [-0.2, 0) is 17.6 Å². The van der Waals surface area contributed by atoms with Gasteiger partial charge < -0.3 is 20.5 Å². The minimum atomic E-state index is -0.545. The standard InChI is InChI=1S/C21H28N2O3.ClH/c1-3-25-19-11-10-17(15-20(19)26-4-2)12-13-23-21(24)18(22)14-16-8-6-5-7-9-16;/h5-11,15,18H,3-4,12-14,22H2,1-2H3,(H,23,24);1H. The topological polar surface area (TPSA) is 73.6 Å². The molecule has 0 fully saturated rings. The molecule has 1 atom stereocenters. The van der Waals surface area contributed by atoms with Crippen molar-refractivity contribution in [1.29, 1.82) is 0 Å². The second-order valence-corrected chi connectivity index (χ2v) is 5.98. The second-order valence-electron chi connectivity index (χ2n) is 5.98. The van der Waals surface area contributed by atoms with Gasteiger partial charge in [-0.25, -0.2) is 0 Å². The quantitative estimate of drug-likeness (QED) is 0.651. The number of nitrogens with two attached hydrogens (primary N) is 1. The van der Waals surface area contributed by atoms with E-state index in [9.17, 15) is 4.79 Å². The second kappa shape index (κ2) is 12.2. The highest BCUT2D eigenvalue weighted by Gasteiger charge is 2.13. The number of rotatable bonds is 10. The summed E-state index contributed by atoms with van der Waals surface area (Å²) in [6.45, 7) is 5.58. The first kappa shape index (κ1) is 22.8. The summed E-state index contributed by atoms with van der Waals surface area (Å²) in [6, 6.07) is 15.1. The third-order valence-electron chi connectivity index (χ3n) is 3.96. The molecule has 1 unspecified atom stereocenters. The molecule has 148 valence electrons. The maximum Gasteiger partial charge on any atom is 0.237 e. The molecule has 0 spiro atoms. The van der Waals surface area contributed by atoms with Crippen LogP contribution in [0.3, 0.4) is 0 Å².